The number of amides is 1. The number of carbonyl (C=O) groups excluding carboxylic acids is 1. The van der Waals surface area contributed by atoms with Crippen molar-refractivity contribution in [1.29, 1.82) is 0 Å². The van der Waals surface area contributed by atoms with Crippen LogP contribution in [0.3, 0.4) is 0 Å². The second-order valence-corrected chi connectivity index (χ2v) is 3.18. The van der Waals surface area contributed by atoms with E-state index in [9.17, 15) is 4.79 Å². The van der Waals surface area contributed by atoms with Crippen molar-refractivity contribution in [1.82, 2.24) is 10.3 Å². The number of oxazole rings is 1. The molecule has 0 saturated carbocycles. The summed E-state index contributed by atoms with van der Waals surface area (Å²) in [5, 5.41) is 2.80. The molecule has 0 aliphatic heterocycles. The maximum atomic E-state index is 11.1. The molecule has 0 aliphatic carbocycles. The molecule has 0 unspecified atom stereocenters. The molecule has 1 N–H and O–H groups in total. The average Bonchev–Trinajstić information content (AvgIpc) is 2.56. The lowest BCUT2D eigenvalue weighted by atomic mass is 10.2. The molecule has 13 heavy (non-hydrogen) atoms. The van der Waals surface area contributed by atoms with Gasteiger partial charge in [0.05, 0.1) is 5.69 Å². The second kappa shape index (κ2) is 4.64. The van der Waals surface area contributed by atoms with Crippen LogP contribution in [-0.2, 0) is 11.2 Å². The molecule has 1 heterocycles. The molecule has 4 heteroatoms. The number of hydrogen-bond donors (Lipinski definition) is 1. The fourth-order valence-electron chi connectivity index (χ4n) is 0.879. The lowest BCUT2D eigenvalue weighted by Crippen LogP contribution is -2.29. The molecular formula is C9H14N2O2. The lowest BCUT2D eigenvalue weighted by molar-refractivity contribution is -0.123. The number of nitrogens with zero attached hydrogens (tertiary/aromatic N) is 1. The summed E-state index contributed by atoms with van der Waals surface area (Å²) in [7, 11) is 0. The molecule has 1 amide bonds. The first kappa shape index (κ1) is 9.77. The van der Waals surface area contributed by atoms with E-state index in [1.54, 1.807) is 6.26 Å². The minimum absolute atomic E-state index is 0.0392. The molecular weight excluding hydrogens is 168 g/mol. The van der Waals surface area contributed by atoms with Crippen molar-refractivity contribution in [3.63, 3.8) is 0 Å². The van der Waals surface area contributed by atoms with Crippen molar-refractivity contribution >= 4 is 5.91 Å². The number of carbonyl (C=O) groups is 1. The summed E-state index contributed by atoms with van der Waals surface area (Å²) in [5.41, 5.74) is 0.865. The van der Waals surface area contributed by atoms with Crippen LogP contribution in [0.25, 0.3) is 0 Å². The van der Waals surface area contributed by atoms with Crippen LogP contribution >= 0.6 is 0 Å². The summed E-state index contributed by atoms with van der Waals surface area (Å²) >= 11 is 0. The summed E-state index contributed by atoms with van der Waals surface area (Å²) in [5.74, 6) is 0.112. The molecule has 0 bridgehead atoms. The summed E-state index contributed by atoms with van der Waals surface area (Å²) in [4.78, 5) is 15.1. The third-order valence-corrected chi connectivity index (χ3v) is 1.69. The van der Waals surface area contributed by atoms with Crippen molar-refractivity contribution in [2.24, 2.45) is 5.92 Å². The van der Waals surface area contributed by atoms with E-state index in [0.717, 1.165) is 12.1 Å². The fourth-order valence-corrected chi connectivity index (χ4v) is 0.879. The van der Waals surface area contributed by atoms with E-state index in [2.05, 4.69) is 10.3 Å². The first-order chi connectivity index (χ1) is 6.20. The molecule has 72 valence electrons. The van der Waals surface area contributed by atoms with Gasteiger partial charge in [-0.05, 0) is 0 Å². The average molecular weight is 182 g/mol. The first-order valence-electron chi connectivity index (χ1n) is 4.35. The van der Waals surface area contributed by atoms with Gasteiger partial charge in [0.25, 0.3) is 0 Å². The standard InChI is InChI=1S/C9H14N2O2/c1-7(2)9(12)10-4-3-8-5-13-6-11-8/h5-7H,3-4H2,1-2H3,(H,10,12). The Labute approximate surface area is 77.3 Å². The molecule has 0 aromatic carbocycles. The molecule has 0 aliphatic rings. The molecule has 0 fully saturated rings. The minimum Gasteiger partial charge on any atom is -0.451 e. The van der Waals surface area contributed by atoms with Crippen molar-refractivity contribution in [3.05, 3.63) is 18.4 Å². The van der Waals surface area contributed by atoms with Crippen LogP contribution < -0.4 is 5.32 Å². The summed E-state index contributed by atoms with van der Waals surface area (Å²) in [6.07, 6.45) is 3.69. The number of aromatic nitrogens is 1. The lowest BCUT2D eigenvalue weighted by Gasteiger charge is -2.05. The van der Waals surface area contributed by atoms with Crippen LogP contribution in [0.1, 0.15) is 19.5 Å². The third kappa shape index (κ3) is 3.27. The van der Waals surface area contributed by atoms with Gasteiger partial charge in [0, 0.05) is 18.9 Å². The smallest absolute Gasteiger partial charge is 0.222 e. The molecule has 1 aromatic heterocycles. The monoisotopic (exact) mass is 182 g/mol. The molecule has 0 atom stereocenters. The quantitative estimate of drug-likeness (QED) is 0.755. The van der Waals surface area contributed by atoms with Gasteiger partial charge in [-0.3, -0.25) is 4.79 Å². The van der Waals surface area contributed by atoms with Crippen molar-refractivity contribution in [2.45, 2.75) is 20.3 Å². The first-order valence-corrected chi connectivity index (χ1v) is 4.35. The molecule has 0 saturated heterocycles. The summed E-state index contributed by atoms with van der Waals surface area (Å²) in [6, 6.07) is 0. The maximum absolute atomic E-state index is 11.1. The highest BCUT2D eigenvalue weighted by atomic mass is 16.3. The molecule has 0 radical (unpaired) electrons. The Morgan fingerprint density at radius 2 is 2.46 bits per heavy atom. The molecule has 1 aromatic rings. The maximum Gasteiger partial charge on any atom is 0.222 e. The van der Waals surface area contributed by atoms with E-state index in [4.69, 9.17) is 4.42 Å². The van der Waals surface area contributed by atoms with Crippen LogP contribution in [0.5, 0.6) is 0 Å². The SMILES string of the molecule is CC(C)C(=O)NCCc1cocn1. The van der Waals surface area contributed by atoms with Gasteiger partial charge in [-0.15, -0.1) is 0 Å². The normalized spacial score (nSPS) is 10.4. The minimum atomic E-state index is 0.0392. The Kier molecular flexibility index (Phi) is 3.49. The zero-order chi connectivity index (χ0) is 9.68. The summed E-state index contributed by atoms with van der Waals surface area (Å²) < 4.78 is 4.80. The largest absolute Gasteiger partial charge is 0.451 e. The van der Waals surface area contributed by atoms with Crippen molar-refractivity contribution < 1.29 is 9.21 Å². The van der Waals surface area contributed by atoms with Gasteiger partial charge >= 0.3 is 0 Å². The molecule has 4 nitrogen and oxygen atoms in total. The Hall–Kier alpha value is -1.32. The van der Waals surface area contributed by atoms with Gasteiger partial charge in [0.15, 0.2) is 6.39 Å². The van der Waals surface area contributed by atoms with E-state index < -0.39 is 0 Å². The number of nitrogens with one attached hydrogen (secondary N) is 1. The Bertz CT molecular complexity index is 255. The predicted octanol–water partition coefficient (Wildman–Crippen LogP) is 0.989. The van der Waals surface area contributed by atoms with Crippen LogP contribution in [0, 0.1) is 5.92 Å². The third-order valence-electron chi connectivity index (χ3n) is 1.69. The van der Waals surface area contributed by atoms with E-state index in [0.29, 0.717) is 6.54 Å². The van der Waals surface area contributed by atoms with E-state index >= 15 is 0 Å². The van der Waals surface area contributed by atoms with E-state index in [1.807, 2.05) is 13.8 Å². The zero-order valence-electron chi connectivity index (χ0n) is 7.91. The summed E-state index contributed by atoms with van der Waals surface area (Å²) in [6.45, 7) is 4.35. The van der Waals surface area contributed by atoms with Gasteiger partial charge in [0.1, 0.15) is 6.26 Å². The number of hydrogen-bond acceptors (Lipinski definition) is 3. The van der Waals surface area contributed by atoms with Gasteiger partial charge in [0.2, 0.25) is 5.91 Å². The highest BCUT2D eigenvalue weighted by molar-refractivity contribution is 5.77. The van der Waals surface area contributed by atoms with Gasteiger partial charge in [-0.25, -0.2) is 4.98 Å². The molecule has 0 spiro atoms. The van der Waals surface area contributed by atoms with Gasteiger partial charge in [-0.2, -0.15) is 0 Å². The Balaban J connectivity index is 2.18. The van der Waals surface area contributed by atoms with E-state index in [-0.39, 0.29) is 11.8 Å². The second-order valence-electron chi connectivity index (χ2n) is 3.18. The Morgan fingerprint density at radius 3 is 3.00 bits per heavy atom. The van der Waals surface area contributed by atoms with Crippen molar-refractivity contribution in [2.75, 3.05) is 6.54 Å². The van der Waals surface area contributed by atoms with Crippen LogP contribution in [0.2, 0.25) is 0 Å². The fraction of sp³-hybridized carbons (Fsp3) is 0.556. The van der Waals surface area contributed by atoms with Crippen LogP contribution in [-0.4, -0.2) is 17.4 Å². The zero-order valence-corrected chi connectivity index (χ0v) is 7.91. The highest BCUT2D eigenvalue weighted by Crippen LogP contribution is 1.95. The topological polar surface area (TPSA) is 55.1 Å². The van der Waals surface area contributed by atoms with Crippen LogP contribution in [0.4, 0.5) is 0 Å². The van der Waals surface area contributed by atoms with Crippen LogP contribution in [0.15, 0.2) is 17.1 Å². The van der Waals surface area contributed by atoms with Gasteiger partial charge in [-0.1, -0.05) is 13.8 Å². The van der Waals surface area contributed by atoms with Gasteiger partial charge < -0.3 is 9.73 Å². The molecule has 1 rings (SSSR count). The highest BCUT2D eigenvalue weighted by Gasteiger charge is 2.05. The number of rotatable bonds is 4. The van der Waals surface area contributed by atoms with E-state index in [1.165, 1.54) is 6.39 Å². The van der Waals surface area contributed by atoms with Crippen molar-refractivity contribution in [3.8, 4) is 0 Å². The predicted molar refractivity (Wildman–Crippen MR) is 48.1 cm³/mol. The Morgan fingerprint density at radius 1 is 1.69 bits per heavy atom.